The highest BCUT2D eigenvalue weighted by atomic mass is 16.5. The van der Waals surface area contributed by atoms with E-state index in [0.29, 0.717) is 6.10 Å². The van der Waals surface area contributed by atoms with Crippen molar-refractivity contribution in [3.8, 4) is 0 Å². The van der Waals surface area contributed by atoms with Gasteiger partial charge < -0.3 is 10.1 Å². The highest BCUT2D eigenvalue weighted by Crippen LogP contribution is 2.30. The Balaban J connectivity index is 1.89. The zero-order chi connectivity index (χ0) is 13.2. The molecule has 0 amide bonds. The van der Waals surface area contributed by atoms with Gasteiger partial charge in [-0.15, -0.1) is 0 Å². The van der Waals surface area contributed by atoms with Crippen LogP contribution in [0.4, 0.5) is 0 Å². The lowest BCUT2D eigenvalue weighted by Crippen LogP contribution is -2.27. The Kier molecular flexibility index (Phi) is 8.70. The fourth-order valence-corrected chi connectivity index (χ4v) is 2.73. The first-order valence-electron chi connectivity index (χ1n) is 8.06. The summed E-state index contributed by atoms with van der Waals surface area (Å²) < 4.78 is 6.01. The number of rotatable bonds is 9. The minimum atomic E-state index is 0.550. The summed E-state index contributed by atoms with van der Waals surface area (Å²) in [5, 5.41) is 3.45. The highest BCUT2D eigenvalue weighted by Gasteiger charge is 2.24. The van der Waals surface area contributed by atoms with E-state index in [9.17, 15) is 0 Å². The summed E-state index contributed by atoms with van der Waals surface area (Å²) in [6.07, 6.45) is 9.52. The second-order valence-electron chi connectivity index (χ2n) is 6.07. The van der Waals surface area contributed by atoms with Gasteiger partial charge in [0.15, 0.2) is 0 Å². The normalized spacial score (nSPS) is 28.5. The van der Waals surface area contributed by atoms with Crippen LogP contribution in [0.3, 0.4) is 0 Å². The number of hydrogen-bond acceptors (Lipinski definition) is 2. The molecule has 0 aromatic heterocycles. The Morgan fingerprint density at radius 1 is 1.00 bits per heavy atom. The van der Waals surface area contributed by atoms with E-state index in [2.05, 4.69) is 26.1 Å². The van der Waals surface area contributed by atoms with Crippen LogP contribution < -0.4 is 5.32 Å². The standard InChI is InChI=1S/C16H33NO/c1-4-10-17-11-6-5-7-12-18-16-9-8-14(2)15(3)13-16/h14-17H,4-13H2,1-3H3. The molecule has 3 unspecified atom stereocenters. The first kappa shape index (κ1) is 16.0. The van der Waals surface area contributed by atoms with Gasteiger partial charge in [0.05, 0.1) is 6.10 Å². The van der Waals surface area contributed by atoms with Crippen molar-refractivity contribution in [2.45, 2.75) is 71.8 Å². The molecule has 2 nitrogen and oxygen atoms in total. The topological polar surface area (TPSA) is 21.3 Å². The van der Waals surface area contributed by atoms with E-state index >= 15 is 0 Å². The Morgan fingerprint density at radius 3 is 2.56 bits per heavy atom. The molecule has 0 aromatic carbocycles. The summed E-state index contributed by atoms with van der Waals surface area (Å²) in [6.45, 7) is 10.3. The molecule has 0 spiro atoms. The molecule has 0 aliphatic heterocycles. The zero-order valence-electron chi connectivity index (χ0n) is 12.7. The van der Waals surface area contributed by atoms with Crippen LogP contribution in [-0.4, -0.2) is 25.8 Å². The fourth-order valence-electron chi connectivity index (χ4n) is 2.73. The maximum absolute atomic E-state index is 6.01. The minimum absolute atomic E-state index is 0.550. The molecular weight excluding hydrogens is 222 g/mol. The van der Waals surface area contributed by atoms with Gasteiger partial charge in [-0.2, -0.15) is 0 Å². The van der Waals surface area contributed by atoms with E-state index in [-0.39, 0.29) is 0 Å². The quantitative estimate of drug-likeness (QED) is 0.629. The van der Waals surface area contributed by atoms with E-state index in [1.807, 2.05) is 0 Å². The van der Waals surface area contributed by atoms with Gasteiger partial charge in [0.2, 0.25) is 0 Å². The van der Waals surface area contributed by atoms with Gasteiger partial charge in [-0.25, -0.2) is 0 Å². The summed E-state index contributed by atoms with van der Waals surface area (Å²) in [4.78, 5) is 0. The van der Waals surface area contributed by atoms with Crippen molar-refractivity contribution in [3.63, 3.8) is 0 Å². The van der Waals surface area contributed by atoms with Crippen molar-refractivity contribution in [2.24, 2.45) is 11.8 Å². The Morgan fingerprint density at radius 2 is 1.83 bits per heavy atom. The van der Waals surface area contributed by atoms with Crippen LogP contribution in [-0.2, 0) is 4.74 Å². The van der Waals surface area contributed by atoms with Gasteiger partial charge in [-0.3, -0.25) is 0 Å². The van der Waals surface area contributed by atoms with Crippen LogP contribution in [0.1, 0.15) is 65.7 Å². The molecule has 0 saturated heterocycles. The first-order chi connectivity index (χ1) is 8.74. The number of unbranched alkanes of at least 4 members (excludes halogenated alkanes) is 2. The smallest absolute Gasteiger partial charge is 0.0577 e. The van der Waals surface area contributed by atoms with Crippen molar-refractivity contribution in [3.05, 3.63) is 0 Å². The van der Waals surface area contributed by atoms with Crippen molar-refractivity contribution < 1.29 is 4.74 Å². The molecule has 1 fully saturated rings. The van der Waals surface area contributed by atoms with Gasteiger partial charge in [-0.05, 0) is 69.9 Å². The summed E-state index contributed by atoms with van der Waals surface area (Å²) in [5.41, 5.74) is 0. The molecule has 1 rings (SSSR count). The van der Waals surface area contributed by atoms with Crippen molar-refractivity contribution >= 4 is 0 Å². The van der Waals surface area contributed by atoms with Crippen LogP contribution in [0, 0.1) is 11.8 Å². The molecule has 1 aliphatic rings. The molecule has 1 saturated carbocycles. The second kappa shape index (κ2) is 9.80. The fraction of sp³-hybridized carbons (Fsp3) is 1.00. The summed E-state index contributed by atoms with van der Waals surface area (Å²) in [7, 11) is 0. The van der Waals surface area contributed by atoms with Gasteiger partial charge in [0, 0.05) is 6.61 Å². The minimum Gasteiger partial charge on any atom is -0.378 e. The van der Waals surface area contributed by atoms with E-state index in [0.717, 1.165) is 25.0 Å². The molecule has 1 aliphatic carbocycles. The van der Waals surface area contributed by atoms with E-state index in [4.69, 9.17) is 4.74 Å². The predicted octanol–water partition coefficient (Wildman–Crippen LogP) is 4.00. The van der Waals surface area contributed by atoms with E-state index in [1.165, 1.54) is 51.5 Å². The van der Waals surface area contributed by atoms with Crippen LogP contribution in [0.2, 0.25) is 0 Å². The number of hydrogen-bond donors (Lipinski definition) is 1. The monoisotopic (exact) mass is 255 g/mol. The lowest BCUT2D eigenvalue weighted by atomic mass is 9.80. The van der Waals surface area contributed by atoms with E-state index < -0.39 is 0 Å². The summed E-state index contributed by atoms with van der Waals surface area (Å²) in [5.74, 6) is 1.75. The number of ether oxygens (including phenoxy) is 1. The first-order valence-corrected chi connectivity index (χ1v) is 8.06. The molecule has 3 atom stereocenters. The van der Waals surface area contributed by atoms with Gasteiger partial charge in [0.1, 0.15) is 0 Å². The highest BCUT2D eigenvalue weighted by molar-refractivity contribution is 4.75. The second-order valence-corrected chi connectivity index (χ2v) is 6.07. The van der Waals surface area contributed by atoms with Crippen LogP contribution >= 0.6 is 0 Å². The largest absolute Gasteiger partial charge is 0.378 e. The molecule has 1 N–H and O–H groups in total. The molecule has 0 radical (unpaired) electrons. The third-order valence-electron chi connectivity index (χ3n) is 4.33. The van der Waals surface area contributed by atoms with Crippen molar-refractivity contribution in [1.82, 2.24) is 5.32 Å². The lowest BCUT2D eigenvalue weighted by Gasteiger charge is -2.32. The predicted molar refractivity (Wildman–Crippen MR) is 78.9 cm³/mol. The molecular formula is C16H33NO. The average molecular weight is 255 g/mol. The third kappa shape index (κ3) is 6.75. The lowest BCUT2D eigenvalue weighted by molar-refractivity contribution is 0.00105. The summed E-state index contributed by atoms with van der Waals surface area (Å²) >= 11 is 0. The molecule has 0 heterocycles. The van der Waals surface area contributed by atoms with Crippen LogP contribution in [0.25, 0.3) is 0 Å². The van der Waals surface area contributed by atoms with Crippen molar-refractivity contribution in [1.29, 1.82) is 0 Å². The van der Waals surface area contributed by atoms with Crippen molar-refractivity contribution in [2.75, 3.05) is 19.7 Å². The average Bonchev–Trinajstić information content (AvgIpc) is 2.37. The Bertz CT molecular complexity index is 196. The zero-order valence-corrected chi connectivity index (χ0v) is 12.7. The van der Waals surface area contributed by atoms with Gasteiger partial charge >= 0.3 is 0 Å². The maximum atomic E-state index is 6.01. The van der Waals surface area contributed by atoms with E-state index in [1.54, 1.807) is 0 Å². The molecule has 108 valence electrons. The molecule has 0 bridgehead atoms. The molecule has 18 heavy (non-hydrogen) atoms. The van der Waals surface area contributed by atoms with Crippen LogP contribution in [0.15, 0.2) is 0 Å². The molecule has 0 aromatic rings. The number of nitrogens with one attached hydrogen (secondary N) is 1. The van der Waals surface area contributed by atoms with Crippen LogP contribution in [0.5, 0.6) is 0 Å². The molecule has 2 heteroatoms. The van der Waals surface area contributed by atoms with Gasteiger partial charge in [-0.1, -0.05) is 20.8 Å². The Labute approximate surface area is 114 Å². The third-order valence-corrected chi connectivity index (χ3v) is 4.33. The van der Waals surface area contributed by atoms with Gasteiger partial charge in [0.25, 0.3) is 0 Å². The maximum Gasteiger partial charge on any atom is 0.0577 e. The Hall–Kier alpha value is -0.0800. The summed E-state index contributed by atoms with van der Waals surface area (Å²) in [6, 6.07) is 0. The SMILES string of the molecule is CCCNCCCCCOC1CCC(C)C(C)C1.